The zero-order chi connectivity index (χ0) is 13.5. The van der Waals surface area contributed by atoms with Gasteiger partial charge in [-0.1, -0.05) is 42.8 Å². The van der Waals surface area contributed by atoms with Crippen LogP contribution in [-0.2, 0) is 13.2 Å². The summed E-state index contributed by atoms with van der Waals surface area (Å²) in [6.07, 6.45) is 0. The molecule has 3 heteroatoms. The Morgan fingerprint density at radius 2 is 1.84 bits per heavy atom. The maximum absolute atomic E-state index is 5.95. The number of benzene rings is 2. The van der Waals surface area contributed by atoms with Crippen molar-refractivity contribution in [3.05, 3.63) is 64.7 Å². The quantitative estimate of drug-likeness (QED) is 0.859. The molecule has 0 radical (unpaired) electrons. The molecule has 0 heterocycles. The van der Waals surface area contributed by atoms with Crippen molar-refractivity contribution in [1.29, 1.82) is 0 Å². The van der Waals surface area contributed by atoms with Crippen LogP contribution in [-0.4, -0.2) is 6.54 Å². The van der Waals surface area contributed by atoms with Crippen molar-refractivity contribution in [3.8, 4) is 5.75 Å². The van der Waals surface area contributed by atoms with E-state index in [1.165, 1.54) is 5.56 Å². The lowest BCUT2D eigenvalue weighted by Gasteiger charge is -2.08. The molecule has 2 aromatic carbocycles. The zero-order valence-electron chi connectivity index (χ0n) is 11.0. The summed E-state index contributed by atoms with van der Waals surface area (Å²) >= 11 is 5.95. The van der Waals surface area contributed by atoms with E-state index in [9.17, 15) is 0 Å². The van der Waals surface area contributed by atoms with Gasteiger partial charge in [0.05, 0.1) is 0 Å². The summed E-state index contributed by atoms with van der Waals surface area (Å²) in [6.45, 7) is 4.46. The van der Waals surface area contributed by atoms with Crippen LogP contribution in [0.2, 0.25) is 5.02 Å². The van der Waals surface area contributed by atoms with Crippen molar-refractivity contribution < 1.29 is 4.74 Å². The van der Waals surface area contributed by atoms with Gasteiger partial charge in [0.25, 0.3) is 0 Å². The van der Waals surface area contributed by atoms with Gasteiger partial charge in [0.15, 0.2) is 0 Å². The Kier molecular flexibility index (Phi) is 5.25. The molecule has 2 rings (SSSR count). The van der Waals surface area contributed by atoms with Crippen molar-refractivity contribution >= 4 is 11.6 Å². The van der Waals surface area contributed by atoms with Crippen molar-refractivity contribution in [2.75, 3.05) is 6.54 Å². The summed E-state index contributed by atoms with van der Waals surface area (Å²) in [5, 5.41) is 4.04. The topological polar surface area (TPSA) is 21.3 Å². The van der Waals surface area contributed by atoms with Crippen molar-refractivity contribution in [1.82, 2.24) is 5.32 Å². The Hall–Kier alpha value is -1.51. The fourth-order valence-electron chi connectivity index (χ4n) is 1.81. The van der Waals surface area contributed by atoms with E-state index in [0.717, 1.165) is 29.4 Å². The van der Waals surface area contributed by atoms with Gasteiger partial charge < -0.3 is 10.1 Å². The van der Waals surface area contributed by atoms with E-state index in [-0.39, 0.29) is 0 Å². The summed E-state index contributed by atoms with van der Waals surface area (Å²) in [7, 11) is 0. The average molecular weight is 276 g/mol. The number of hydrogen-bond donors (Lipinski definition) is 1. The molecule has 0 aliphatic heterocycles. The number of rotatable bonds is 6. The maximum Gasteiger partial charge on any atom is 0.120 e. The molecule has 0 saturated carbocycles. The first kappa shape index (κ1) is 13.9. The molecule has 0 unspecified atom stereocenters. The molecule has 0 fully saturated rings. The minimum absolute atomic E-state index is 0.533. The van der Waals surface area contributed by atoms with Gasteiger partial charge in [-0.3, -0.25) is 0 Å². The van der Waals surface area contributed by atoms with E-state index in [1.807, 2.05) is 36.4 Å². The number of nitrogens with one attached hydrogen (secondary N) is 1. The van der Waals surface area contributed by atoms with E-state index < -0.39 is 0 Å². The van der Waals surface area contributed by atoms with Gasteiger partial charge in [-0.25, -0.2) is 0 Å². The molecule has 2 aromatic rings. The minimum atomic E-state index is 0.533. The molecular weight excluding hydrogens is 258 g/mol. The van der Waals surface area contributed by atoms with Crippen molar-refractivity contribution in [2.24, 2.45) is 0 Å². The normalized spacial score (nSPS) is 10.4. The van der Waals surface area contributed by atoms with Crippen LogP contribution in [0.4, 0.5) is 0 Å². The molecule has 0 atom stereocenters. The Bertz CT molecular complexity index is 528. The first-order valence-corrected chi connectivity index (χ1v) is 6.82. The Labute approximate surface area is 119 Å². The van der Waals surface area contributed by atoms with Gasteiger partial charge in [0.1, 0.15) is 12.4 Å². The SMILES string of the molecule is CCNCc1cccc(OCc2cccc(Cl)c2)c1. The second-order valence-corrected chi connectivity index (χ2v) is 4.78. The van der Waals surface area contributed by atoms with Gasteiger partial charge in [-0.05, 0) is 41.9 Å². The van der Waals surface area contributed by atoms with Gasteiger partial charge in [-0.15, -0.1) is 0 Å². The highest BCUT2D eigenvalue weighted by molar-refractivity contribution is 6.30. The standard InChI is InChI=1S/C16H18ClNO/c1-2-18-11-13-5-4-8-16(10-13)19-12-14-6-3-7-15(17)9-14/h3-10,18H,2,11-12H2,1H3. The third-order valence-corrected chi connectivity index (χ3v) is 3.01. The van der Waals surface area contributed by atoms with E-state index in [4.69, 9.17) is 16.3 Å². The van der Waals surface area contributed by atoms with Crippen LogP contribution < -0.4 is 10.1 Å². The summed E-state index contributed by atoms with van der Waals surface area (Å²) in [4.78, 5) is 0. The largest absolute Gasteiger partial charge is 0.489 e. The van der Waals surface area contributed by atoms with Crippen LogP contribution >= 0.6 is 11.6 Å². The lowest BCUT2D eigenvalue weighted by atomic mass is 10.2. The van der Waals surface area contributed by atoms with Gasteiger partial charge >= 0.3 is 0 Å². The third kappa shape index (κ3) is 4.58. The van der Waals surface area contributed by atoms with Gasteiger partial charge in [0.2, 0.25) is 0 Å². The predicted octanol–water partition coefficient (Wildman–Crippen LogP) is 4.03. The highest BCUT2D eigenvalue weighted by Crippen LogP contribution is 2.16. The summed E-state index contributed by atoms with van der Waals surface area (Å²) in [5.41, 5.74) is 2.30. The first-order valence-electron chi connectivity index (χ1n) is 6.45. The number of hydrogen-bond acceptors (Lipinski definition) is 2. The second-order valence-electron chi connectivity index (χ2n) is 4.35. The maximum atomic E-state index is 5.95. The van der Waals surface area contributed by atoms with Crippen molar-refractivity contribution in [3.63, 3.8) is 0 Å². The number of ether oxygens (including phenoxy) is 1. The highest BCUT2D eigenvalue weighted by Gasteiger charge is 1.99. The third-order valence-electron chi connectivity index (χ3n) is 2.77. The summed E-state index contributed by atoms with van der Waals surface area (Å²) < 4.78 is 5.78. The molecule has 19 heavy (non-hydrogen) atoms. The molecule has 0 aliphatic rings. The fraction of sp³-hybridized carbons (Fsp3) is 0.250. The molecule has 2 nitrogen and oxygen atoms in total. The van der Waals surface area contributed by atoms with Gasteiger partial charge in [0, 0.05) is 11.6 Å². The molecular formula is C16H18ClNO. The molecule has 1 N–H and O–H groups in total. The van der Waals surface area contributed by atoms with Crippen LogP contribution in [0.5, 0.6) is 5.75 Å². The smallest absolute Gasteiger partial charge is 0.120 e. The van der Waals surface area contributed by atoms with Crippen LogP contribution in [0.15, 0.2) is 48.5 Å². The van der Waals surface area contributed by atoms with E-state index in [0.29, 0.717) is 6.61 Å². The summed E-state index contributed by atoms with van der Waals surface area (Å²) in [6, 6.07) is 15.9. The van der Waals surface area contributed by atoms with Crippen LogP contribution in [0.3, 0.4) is 0 Å². The molecule has 0 aliphatic carbocycles. The summed E-state index contributed by atoms with van der Waals surface area (Å²) in [5.74, 6) is 0.885. The Balaban J connectivity index is 1.95. The number of halogens is 1. The molecule has 0 bridgehead atoms. The molecule has 0 spiro atoms. The monoisotopic (exact) mass is 275 g/mol. The zero-order valence-corrected chi connectivity index (χ0v) is 11.8. The van der Waals surface area contributed by atoms with Crippen LogP contribution in [0.25, 0.3) is 0 Å². The molecule has 0 saturated heterocycles. The van der Waals surface area contributed by atoms with E-state index in [2.05, 4.69) is 24.4 Å². The molecule has 0 amide bonds. The van der Waals surface area contributed by atoms with Crippen LogP contribution in [0.1, 0.15) is 18.1 Å². The highest BCUT2D eigenvalue weighted by atomic mass is 35.5. The lowest BCUT2D eigenvalue weighted by Crippen LogP contribution is -2.11. The fourth-order valence-corrected chi connectivity index (χ4v) is 2.02. The van der Waals surface area contributed by atoms with Crippen molar-refractivity contribution in [2.45, 2.75) is 20.1 Å². The predicted molar refractivity (Wildman–Crippen MR) is 79.6 cm³/mol. The molecule has 0 aromatic heterocycles. The molecule has 100 valence electrons. The van der Waals surface area contributed by atoms with Crippen LogP contribution in [0, 0.1) is 0 Å². The van der Waals surface area contributed by atoms with Gasteiger partial charge in [-0.2, -0.15) is 0 Å². The minimum Gasteiger partial charge on any atom is -0.489 e. The van der Waals surface area contributed by atoms with E-state index in [1.54, 1.807) is 0 Å². The lowest BCUT2D eigenvalue weighted by molar-refractivity contribution is 0.306. The Morgan fingerprint density at radius 1 is 1.05 bits per heavy atom. The average Bonchev–Trinajstić information content (AvgIpc) is 2.43. The first-order chi connectivity index (χ1) is 9.28. The Morgan fingerprint density at radius 3 is 2.63 bits per heavy atom. The second kappa shape index (κ2) is 7.17. The van der Waals surface area contributed by atoms with E-state index >= 15 is 0 Å².